The van der Waals surface area contributed by atoms with E-state index in [1.54, 1.807) is 23.3 Å². The van der Waals surface area contributed by atoms with E-state index >= 15 is 0 Å². The zero-order chi connectivity index (χ0) is 24.3. The molecule has 0 aliphatic carbocycles. The van der Waals surface area contributed by atoms with Crippen molar-refractivity contribution in [2.75, 3.05) is 18.4 Å². The van der Waals surface area contributed by atoms with E-state index in [1.165, 1.54) is 31.5 Å². The fourth-order valence-electron chi connectivity index (χ4n) is 4.80. The summed E-state index contributed by atoms with van der Waals surface area (Å²) in [6.45, 7) is 4.01. The van der Waals surface area contributed by atoms with Crippen LogP contribution >= 0.6 is 0 Å². The Morgan fingerprint density at radius 1 is 0.917 bits per heavy atom. The fraction of sp³-hybridized carbons (Fsp3) is 0.207. The SMILES string of the molecule is O=C(Nc1c[nH]c2ncc(-c3ccc(CN4CCCC4)cc3)cc12)c1cnn(Cc2ccccc2)c1. The van der Waals surface area contributed by atoms with E-state index in [9.17, 15) is 4.79 Å². The summed E-state index contributed by atoms with van der Waals surface area (Å²) in [5.74, 6) is -0.202. The summed E-state index contributed by atoms with van der Waals surface area (Å²) in [6, 6.07) is 20.8. The molecule has 1 aliphatic heterocycles. The number of pyridine rings is 1. The lowest BCUT2D eigenvalue weighted by Gasteiger charge is -2.14. The van der Waals surface area contributed by atoms with E-state index < -0.39 is 0 Å². The van der Waals surface area contributed by atoms with Crippen LogP contribution in [0, 0.1) is 0 Å². The zero-order valence-corrected chi connectivity index (χ0v) is 20.0. The Labute approximate surface area is 209 Å². The summed E-state index contributed by atoms with van der Waals surface area (Å²) in [7, 11) is 0. The van der Waals surface area contributed by atoms with Gasteiger partial charge >= 0.3 is 0 Å². The first-order chi connectivity index (χ1) is 17.7. The molecule has 0 bridgehead atoms. The van der Waals surface area contributed by atoms with Crippen LogP contribution in [0.2, 0.25) is 0 Å². The number of aromatic amines is 1. The maximum atomic E-state index is 13.0. The van der Waals surface area contributed by atoms with Crippen LogP contribution in [0.1, 0.15) is 34.3 Å². The first kappa shape index (κ1) is 22.2. The molecule has 0 unspecified atom stereocenters. The topological polar surface area (TPSA) is 78.8 Å². The second-order valence-electron chi connectivity index (χ2n) is 9.37. The number of rotatable bonds is 7. The number of anilines is 1. The van der Waals surface area contributed by atoms with Crippen molar-refractivity contribution in [1.29, 1.82) is 0 Å². The molecule has 1 amide bonds. The number of carbonyl (C=O) groups excluding carboxylic acids is 1. The Hall–Kier alpha value is -4.23. The molecular weight excluding hydrogens is 448 g/mol. The lowest BCUT2D eigenvalue weighted by atomic mass is 10.0. The molecule has 180 valence electrons. The van der Waals surface area contributed by atoms with Crippen molar-refractivity contribution in [3.05, 3.63) is 102 Å². The van der Waals surface area contributed by atoms with Gasteiger partial charge in [-0.05, 0) is 48.7 Å². The third-order valence-electron chi connectivity index (χ3n) is 6.75. The van der Waals surface area contributed by atoms with Crippen molar-refractivity contribution in [3.63, 3.8) is 0 Å². The van der Waals surface area contributed by atoms with Gasteiger partial charge in [0.15, 0.2) is 0 Å². The van der Waals surface area contributed by atoms with E-state index in [-0.39, 0.29) is 5.91 Å². The summed E-state index contributed by atoms with van der Waals surface area (Å²) in [4.78, 5) is 23.2. The summed E-state index contributed by atoms with van der Waals surface area (Å²) < 4.78 is 1.77. The third kappa shape index (κ3) is 4.78. The lowest BCUT2D eigenvalue weighted by Crippen LogP contribution is -2.18. The van der Waals surface area contributed by atoms with Gasteiger partial charge < -0.3 is 10.3 Å². The number of nitrogens with zero attached hydrogens (tertiary/aromatic N) is 4. The molecule has 1 fully saturated rings. The number of hydrogen-bond acceptors (Lipinski definition) is 4. The molecule has 0 spiro atoms. The molecular formula is C29H28N6O. The van der Waals surface area contributed by atoms with Gasteiger partial charge in [0.1, 0.15) is 5.65 Å². The number of likely N-dealkylation sites (tertiary alicyclic amines) is 1. The van der Waals surface area contributed by atoms with Gasteiger partial charge in [-0.2, -0.15) is 5.10 Å². The average molecular weight is 477 g/mol. The maximum Gasteiger partial charge on any atom is 0.258 e. The fourth-order valence-corrected chi connectivity index (χ4v) is 4.80. The van der Waals surface area contributed by atoms with Crippen LogP contribution in [0.15, 0.2) is 85.5 Å². The van der Waals surface area contributed by atoms with Crippen LogP contribution in [-0.4, -0.2) is 43.6 Å². The molecule has 4 heterocycles. The van der Waals surface area contributed by atoms with Gasteiger partial charge in [0.05, 0.1) is 24.0 Å². The smallest absolute Gasteiger partial charge is 0.258 e. The highest BCUT2D eigenvalue weighted by Crippen LogP contribution is 2.28. The first-order valence-corrected chi connectivity index (χ1v) is 12.4. The van der Waals surface area contributed by atoms with Crippen molar-refractivity contribution in [3.8, 4) is 11.1 Å². The number of benzene rings is 2. The van der Waals surface area contributed by atoms with E-state index in [0.29, 0.717) is 17.8 Å². The van der Waals surface area contributed by atoms with Crippen LogP contribution in [0.4, 0.5) is 5.69 Å². The van der Waals surface area contributed by atoms with E-state index in [1.807, 2.05) is 36.5 Å². The molecule has 2 aromatic carbocycles. The predicted octanol–water partition coefficient (Wildman–Crippen LogP) is 5.32. The number of H-pyrrole nitrogens is 1. The second kappa shape index (κ2) is 9.79. The summed E-state index contributed by atoms with van der Waals surface area (Å²) in [5, 5.41) is 8.24. The van der Waals surface area contributed by atoms with Gasteiger partial charge in [-0.1, -0.05) is 54.6 Å². The van der Waals surface area contributed by atoms with Crippen LogP contribution in [0.5, 0.6) is 0 Å². The molecule has 3 aromatic heterocycles. The minimum Gasteiger partial charge on any atom is -0.344 e. The number of hydrogen-bond donors (Lipinski definition) is 2. The highest BCUT2D eigenvalue weighted by molar-refractivity contribution is 6.08. The van der Waals surface area contributed by atoms with Crippen LogP contribution in [0.25, 0.3) is 22.2 Å². The molecule has 0 saturated carbocycles. The van der Waals surface area contributed by atoms with Crippen LogP contribution in [-0.2, 0) is 13.1 Å². The summed E-state index contributed by atoms with van der Waals surface area (Å²) in [5.41, 5.74) is 6.53. The number of nitrogens with one attached hydrogen (secondary N) is 2. The number of aromatic nitrogens is 4. The van der Waals surface area contributed by atoms with Gasteiger partial charge in [-0.25, -0.2) is 4.98 Å². The summed E-state index contributed by atoms with van der Waals surface area (Å²) in [6.07, 6.45) is 9.62. The third-order valence-corrected chi connectivity index (χ3v) is 6.75. The number of amides is 1. The van der Waals surface area contributed by atoms with Crippen molar-refractivity contribution in [1.82, 2.24) is 24.6 Å². The van der Waals surface area contributed by atoms with Gasteiger partial charge in [0.2, 0.25) is 0 Å². The molecule has 0 radical (unpaired) electrons. The largest absolute Gasteiger partial charge is 0.344 e. The minimum atomic E-state index is -0.202. The van der Waals surface area contributed by atoms with Crippen molar-refractivity contribution in [2.24, 2.45) is 0 Å². The zero-order valence-electron chi connectivity index (χ0n) is 20.0. The van der Waals surface area contributed by atoms with Crippen molar-refractivity contribution < 1.29 is 4.79 Å². The van der Waals surface area contributed by atoms with E-state index in [4.69, 9.17) is 0 Å². The molecule has 5 aromatic rings. The first-order valence-electron chi connectivity index (χ1n) is 12.4. The Balaban J connectivity index is 1.17. The molecule has 36 heavy (non-hydrogen) atoms. The van der Waals surface area contributed by atoms with Gasteiger partial charge in [0.25, 0.3) is 5.91 Å². The van der Waals surface area contributed by atoms with Gasteiger partial charge in [-0.3, -0.25) is 14.4 Å². The molecule has 7 heteroatoms. The van der Waals surface area contributed by atoms with Crippen LogP contribution in [0.3, 0.4) is 0 Å². The lowest BCUT2D eigenvalue weighted by molar-refractivity contribution is 0.102. The summed E-state index contributed by atoms with van der Waals surface area (Å²) >= 11 is 0. The highest BCUT2D eigenvalue weighted by Gasteiger charge is 2.14. The average Bonchev–Trinajstić information content (AvgIpc) is 3.67. The Bertz CT molecular complexity index is 1480. The van der Waals surface area contributed by atoms with Crippen LogP contribution < -0.4 is 5.32 Å². The van der Waals surface area contributed by atoms with Gasteiger partial charge in [0, 0.05) is 36.1 Å². The Kier molecular flexibility index (Phi) is 6.05. The molecule has 0 atom stereocenters. The Morgan fingerprint density at radius 2 is 1.69 bits per heavy atom. The van der Waals surface area contributed by atoms with Crippen molar-refractivity contribution >= 4 is 22.6 Å². The molecule has 1 aliphatic rings. The molecule has 1 saturated heterocycles. The Morgan fingerprint density at radius 3 is 2.50 bits per heavy atom. The normalized spacial score (nSPS) is 13.9. The predicted molar refractivity (Wildman–Crippen MR) is 142 cm³/mol. The highest BCUT2D eigenvalue weighted by atomic mass is 16.1. The van der Waals surface area contributed by atoms with E-state index in [2.05, 4.69) is 55.6 Å². The van der Waals surface area contributed by atoms with E-state index in [0.717, 1.165) is 34.3 Å². The quantitative estimate of drug-likeness (QED) is 0.333. The maximum absolute atomic E-state index is 13.0. The molecule has 7 nitrogen and oxygen atoms in total. The van der Waals surface area contributed by atoms with Gasteiger partial charge in [-0.15, -0.1) is 0 Å². The van der Waals surface area contributed by atoms with Crippen molar-refractivity contribution in [2.45, 2.75) is 25.9 Å². The molecule has 6 rings (SSSR count). The molecule has 2 N–H and O–H groups in total. The number of carbonyl (C=O) groups is 1. The standard InChI is InChI=1S/C29H28N6O/c36-29(25-16-32-35(20-25)19-21-6-2-1-3-7-21)33-27-17-31-28-26(27)14-24(15-30-28)23-10-8-22(9-11-23)18-34-12-4-5-13-34/h1-3,6-11,14-17,20H,4-5,12-13,18-19H2,(H,30,31)(H,33,36). The minimum absolute atomic E-state index is 0.202. The second-order valence-corrected chi connectivity index (χ2v) is 9.37. The number of fused-ring (bicyclic) bond motifs is 1. The monoisotopic (exact) mass is 476 g/mol.